The minimum Gasteiger partial charge on any atom is -0.485 e. The minimum absolute atomic E-state index is 0.00824. The molecule has 0 fully saturated rings. The van der Waals surface area contributed by atoms with Crippen molar-refractivity contribution in [3.8, 4) is 22.9 Å². The highest BCUT2D eigenvalue weighted by molar-refractivity contribution is 5.98. The van der Waals surface area contributed by atoms with E-state index >= 15 is 0 Å². The standard InChI is InChI=1S/C26H23FN4O4/c1-16-23(26(33)31(30(16)2)18-6-4-3-5-7-18)20(32)15-17-8-9-21(19(27)14-17)35-22-10-11-28-25-24(22)34-13-12-29-25/h3-11,14H,12-13,15H2,1-2H3,(H,28,29). The summed E-state index contributed by atoms with van der Waals surface area (Å²) in [5, 5.41) is 3.10. The van der Waals surface area contributed by atoms with Gasteiger partial charge in [0, 0.05) is 31.4 Å². The lowest BCUT2D eigenvalue weighted by Crippen LogP contribution is -2.23. The average Bonchev–Trinajstić information content (AvgIpc) is 3.09. The first-order chi connectivity index (χ1) is 16.9. The number of hydrogen-bond acceptors (Lipinski definition) is 6. The third kappa shape index (κ3) is 4.16. The van der Waals surface area contributed by atoms with Gasteiger partial charge in [0.15, 0.2) is 28.9 Å². The van der Waals surface area contributed by atoms with Crippen LogP contribution in [0.4, 0.5) is 10.2 Å². The number of rotatable bonds is 6. The van der Waals surface area contributed by atoms with E-state index in [1.165, 1.54) is 16.8 Å². The minimum atomic E-state index is -0.629. The number of nitrogens with zero attached hydrogens (tertiary/aromatic N) is 3. The maximum absolute atomic E-state index is 14.9. The Bertz CT molecular complexity index is 1480. The molecular weight excluding hydrogens is 451 g/mol. The summed E-state index contributed by atoms with van der Waals surface area (Å²) in [4.78, 5) is 30.4. The van der Waals surface area contributed by atoms with Crippen LogP contribution >= 0.6 is 0 Å². The van der Waals surface area contributed by atoms with Gasteiger partial charge < -0.3 is 14.8 Å². The molecule has 3 heterocycles. The second-order valence-electron chi connectivity index (χ2n) is 8.17. The number of hydrogen-bond donors (Lipinski definition) is 1. The molecule has 0 saturated heterocycles. The maximum atomic E-state index is 14.9. The van der Waals surface area contributed by atoms with E-state index in [-0.39, 0.29) is 23.5 Å². The Balaban J connectivity index is 1.38. The number of ketones is 1. The topological polar surface area (TPSA) is 87.4 Å². The highest BCUT2D eigenvalue weighted by Crippen LogP contribution is 2.38. The number of nitrogens with one attached hydrogen (secondary N) is 1. The van der Waals surface area contributed by atoms with E-state index in [0.717, 1.165) is 0 Å². The van der Waals surface area contributed by atoms with Gasteiger partial charge in [-0.2, -0.15) is 0 Å². The summed E-state index contributed by atoms with van der Waals surface area (Å²) in [5.41, 5.74) is 1.32. The van der Waals surface area contributed by atoms with Crippen molar-refractivity contribution >= 4 is 11.6 Å². The highest BCUT2D eigenvalue weighted by atomic mass is 19.1. The number of benzene rings is 2. The Morgan fingerprint density at radius 3 is 2.74 bits per heavy atom. The normalized spacial score (nSPS) is 12.4. The Hall–Kier alpha value is -4.40. The van der Waals surface area contributed by atoms with Crippen molar-refractivity contribution in [3.63, 3.8) is 0 Å². The van der Waals surface area contributed by atoms with Gasteiger partial charge in [-0.1, -0.05) is 24.3 Å². The smallest absolute Gasteiger partial charge is 0.282 e. The van der Waals surface area contributed by atoms with Gasteiger partial charge in [-0.05, 0) is 36.8 Å². The number of carbonyl (C=O) groups excluding carboxylic acids is 1. The summed E-state index contributed by atoms with van der Waals surface area (Å²) in [6.07, 6.45) is 1.43. The van der Waals surface area contributed by atoms with Crippen LogP contribution < -0.4 is 20.3 Å². The fourth-order valence-corrected chi connectivity index (χ4v) is 4.12. The van der Waals surface area contributed by atoms with Crippen molar-refractivity contribution in [2.45, 2.75) is 13.3 Å². The molecule has 0 unspecified atom stereocenters. The number of para-hydroxylation sites is 1. The SMILES string of the molecule is Cc1c(C(=O)Cc2ccc(Oc3ccnc4c3OCCN4)c(F)c2)c(=O)n(-c2ccccc2)n1C. The molecular formula is C26H23FN4O4. The molecule has 1 aliphatic heterocycles. The molecule has 0 spiro atoms. The van der Waals surface area contributed by atoms with E-state index in [4.69, 9.17) is 9.47 Å². The summed E-state index contributed by atoms with van der Waals surface area (Å²) in [7, 11) is 1.73. The predicted octanol–water partition coefficient (Wildman–Crippen LogP) is 4.04. The second-order valence-corrected chi connectivity index (χ2v) is 8.17. The zero-order valence-electron chi connectivity index (χ0n) is 19.2. The summed E-state index contributed by atoms with van der Waals surface area (Å²) < 4.78 is 29.3. The summed E-state index contributed by atoms with van der Waals surface area (Å²) >= 11 is 0. The summed E-state index contributed by atoms with van der Waals surface area (Å²) in [5.74, 6) is 0.282. The number of fused-ring (bicyclic) bond motifs is 1. The Morgan fingerprint density at radius 2 is 1.97 bits per heavy atom. The Morgan fingerprint density at radius 1 is 1.17 bits per heavy atom. The van der Waals surface area contributed by atoms with Gasteiger partial charge in [-0.25, -0.2) is 14.1 Å². The van der Waals surface area contributed by atoms with Crippen molar-refractivity contribution in [2.75, 3.05) is 18.5 Å². The molecule has 4 aromatic rings. The van der Waals surface area contributed by atoms with E-state index in [1.54, 1.807) is 49.1 Å². The van der Waals surface area contributed by atoms with E-state index in [1.807, 2.05) is 18.2 Å². The maximum Gasteiger partial charge on any atom is 0.282 e. The molecule has 5 rings (SSSR count). The van der Waals surface area contributed by atoms with Crippen molar-refractivity contribution in [2.24, 2.45) is 7.05 Å². The third-order valence-corrected chi connectivity index (χ3v) is 5.92. The number of halogens is 1. The molecule has 178 valence electrons. The van der Waals surface area contributed by atoms with E-state index in [2.05, 4.69) is 10.3 Å². The largest absolute Gasteiger partial charge is 0.485 e. The van der Waals surface area contributed by atoms with Crippen LogP contribution in [0.1, 0.15) is 21.6 Å². The Labute approximate surface area is 200 Å². The van der Waals surface area contributed by atoms with Crippen molar-refractivity contribution < 1.29 is 18.7 Å². The van der Waals surface area contributed by atoms with Crippen LogP contribution in [-0.2, 0) is 13.5 Å². The molecule has 0 aliphatic carbocycles. The first-order valence-corrected chi connectivity index (χ1v) is 11.1. The van der Waals surface area contributed by atoms with Crippen LogP contribution in [0.3, 0.4) is 0 Å². The molecule has 2 aromatic heterocycles. The molecule has 0 saturated carbocycles. The first kappa shape index (κ1) is 22.4. The molecule has 35 heavy (non-hydrogen) atoms. The zero-order chi connectivity index (χ0) is 24.5. The molecule has 0 atom stereocenters. The highest BCUT2D eigenvalue weighted by Gasteiger charge is 2.23. The first-order valence-electron chi connectivity index (χ1n) is 11.1. The third-order valence-electron chi connectivity index (χ3n) is 5.92. The van der Waals surface area contributed by atoms with Crippen LogP contribution in [0.15, 0.2) is 65.6 Å². The number of Topliss-reactive ketones (excluding diaryl/α,β-unsaturated/α-hetero) is 1. The number of aromatic nitrogens is 3. The predicted molar refractivity (Wildman–Crippen MR) is 128 cm³/mol. The van der Waals surface area contributed by atoms with Gasteiger partial charge >= 0.3 is 0 Å². The van der Waals surface area contributed by atoms with Gasteiger partial charge in [-0.3, -0.25) is 14.3 Å². The molecule has 0 amide bonds. The van der Waals surface area contributed by atoms with Gasteiger partial charge in [-0.15, -0.1) is 0 Å². The number of ether oxygens (including phenoxy) is 2. The average molecular weight is 474 g/mol. The van der Waals surface area contributed by atoms with E-state index in [9.17, 15) is 14.0 Å². The Kier molecular flexibility index (Phi) is 5.82. The molecule has 1 N–H and O–H groups in total. The number of pyridine rings is 1. The molecule has 2 aromatic carbocycles. The van der Waals surface area contributed by atoms with Crippen molar-refractivity contribution in [3.05, 3.63) is 93.8 Å². The lowest BCUT2D eigenvalue weighted by Gasteiger charge is -2.20. The lowest BCUT2D eigenvalue weighted by atomic mass is 10.0. The molecule has 0 radical (unpaired) electrons. The zero-order valence-corrected chi connectivity index (χ0v) is 19.2. The van der Waals surface area contributed by atoms with Crippen LogP contribution in [-0.4, -0.2) is 33.3 Å². The van der Waals surface area contributed by atoms with Gasteiger partial charge in [0.1, 0.15) is 12.2 Å². The monoisotopic (exact) mass is 474 g/mol. The van der Waals surface area contributed by atoms with Crippen LogP contribution in [0.25, 0.3) is 5.69 Å². The van der Waals surface area contributed by atoms with Crippen molar-refractivity contribution in [1.82, 2.24) is 14.3 Å². The summed E-state index contributed by atoms with van der Waals surface area (Å²) in [6.45, 7) is 2.79. The molecule has 8 nitrogen and oxygen atoms in total. The molecule has 1 aliphatic rings. The van der Waals surface area contributed by atoms with Gasteiger partial charge in [0.25, 0.3) is 5.56 Å². The summed E-state index contributed by atoms with van der Waals surface area (Å²) in [6, 6.07) is 15.0. The van der Waals surface area contributed by atoms with Crippen LogP contribution in [0.5, 0.6) is 17.2 Å². The second kappa shape index (κ2) is 9.09. The van der Waals surface area contributed by atoms with E-state index in [0.29, 0.717) is 47.4 Å². The number of anilines is 1. The lowest BCUT2D eigenvalue weighted by molar-refractivity contribution is 0.0991. The number of carbonyl (C=O) groups is 1. The van der Waals surface area contributed by atoms with Crippen molar-refractivity contribution in [1.29, 1.82) is 0 Å². The fraction of sp³-hybridized carbons (Fsp3) is 0.192. The van der Waals surface area contributed by atoms with Gasteiger partial charge in [0.05, 0.1) is 12.2 Å². The van der Waals surface area contributed by atoms with Crippen LogP contribution in [0.2, 0.25) is 0 Å². The van der Waals surface area contributed by atoms with Gasteiger partial charge in [0.2, 0.25) is 5.75 Å². The quantitative estimate of drug-likeness (QED) is 0.425. The molecule has 0 bridgehead atoms. The van der Waals surface area contributed by atoms with E-state index < -0.39 is 11.4 Å². The van der Waals surface area contributed by atoms with Crippen LogP contribution in [0, 0.1) is 12.7 Å². The fourth-order valence-electron chi connectivity index (χ4n) is 4.12. The molecule has 9 heteroatoms.